The number of hydrogen-bond donors (Lipinski definition) is 2. The van der Waals surface area contributed by atoms with E-state index in [1.165, 1.54) is 0 Å². The molecule has 0 rings (SSSR count). The van der Waals surface area contributed by atoms with Crippen LogP contribution in [-0.2, 0) is 4.79 Å². The molecule has 0 aromatic heterocycles. The molecule has 0 radical (unpaired) electrons. The highest BCUT2D eigenvalue weighted by Gasteiger charge is 2.09. The Morgan fingerprint density at radius 2 is 2.20 bits per heavy atom. The monoisotopic (exact) mass is 211 g/mol. The standard InChI is InChI=1S/C11H21N3O/c1-5-7-13-11(15)10(2)12-8-6-9-14(3)4/h1,10,12H,6-9H2,2-4H3,(H,13,15). The minimum Gasteiger partial charge on any atom is -0.344 e. The van der Waals surface area contributed by atoms with Crippen LogP contribution in [0, 0.1) is 12.3 Å². The summed E-state index contributed by atoms with van der Waals surface area (Å²) < 4.78 is 0. The van der Waals surface area contributed by atoms with Crippen LogP contribution >= 0.6 is 0 Å². The number of nitrogens with one attached hydrogen (secondary N) is 2. The molecule has 0 aliphatic rings. The summed E-state index contributed by atoms with van der Waals surface area (Å²) in [6, 6.07) is -0.180. The molecule has 0 saturated carbocycles. The predicted octanol–water partition coefficient (Wildman–Crippen LogP) is -0.334. The molecule has 1 unspecified atom stereocenters. The first-order chi connectivity index (χ1) is 7.07. The second-order valence-corrected chi connectivity index (χ2v) is 3.75. The van der Waals surface area contributed by atoms with Crippen LogP contribution in [0.2, 0.25) is 0 Å². The Hall–Kier alpha value is -1.05. The van der Waals surface area contributed by atoms with Crippen molar-refractivity contribution in [2.75, 3.05) is 33.7 Å². The zero-order valence-corrected chi connectivity index (χ0v) is 9.84. The highest BCUT2D eigenvalue weighted by molar-refractivity contribution is 5.81. The number of carbonyl (C=O) groups is 1. The van der Waals surface area contributed by atoms with E-state index in [2.05, 4.69) is 21.5 Å². The number of terminal acetylenes is 1. The summed E-state index contributed by atoms with van der Waals surface area (Å²) in [6.45, 7) is 3.98. The Labute approximate surface area is 92.4 Å². The van der Waals surface area contributed by atoms with E-state index in [0.29, 0.717) is 6.54 Å². The van der Waals surface area contributed by atoms with Crippen molar-refractivity contribution in [1.29, 1.82) is 0 Å². The number of amides is 1. The van der Waals surface area contributed by atoms with E-state index in [-0.39, 0.29) is 11.9 Å². The van der Waals surface area contributed by atoms with Gasteiger partial charge in [0.15, 0.2) is 0 Å². The van der Waals surface area contributed by atoms with Gasteiger partial charge in [-0.3, -0.25) is 4.79 Å². The molecule has 4 heteroatoms. The Morgan fingerprint density at radius 3 is 2.73 bits per heavy atom. The van der Waals surface area contributed by atoms with Crippen molar-refractivity contribution in [2.45, 2.75) is 19.4 Å². The third-order valence-corrected chi connectivity index (χ3v) is 1.99. The van der Waals surface area contributed by atoms with Gasteiger partial charge in [-0.25, -0.2) is 0 Å². The second-order valence-electron chi connectivity index (χ2n) is 3.75. The van der Waals surface area contributed by atoms with E-state index >= 15 is 0 Å². The van der Waals surface area contributed by atoms with Crippen molar-refractivity contribution in [3.8, 4) is 12.3 Å². The van der Waals surface area contributed by atoms with Crippen LogP contribution in [0.15, 0.2) is 0 Å². The first kappa shape index (κ1) is 13.9. The average Bonchev–Trinajstić information content (AvgIpc) is 2.20. The zero-order valence-electron chi connectivity index (χ0n) is 9.84. The number of carbonyl (C=O) groups excluding carboxylic acids is 1. The Bertz CT molecular complexity index is 220. The average molecular weight is 211 g/mol. The van der Waals surface area contributed by atoms with Crippen molar-refractivity contribution in [2.24, 2.45) is 0 Å². The molecule has 0 bridgehead atoms. The number of nitrogens with zero attached hydrogens (tertiary/aromatic N) is 1. The van der Waals surface area contributed by atoms with Gasteiger partial charge in [0.25, 0.3) is 0 Å². The van der Waals surface area contributed by atoms with Gasteiger partial charge in [-0.05, 0) is 40.5 Å². The van der Waals surface area contributed by atoms with Crippen molar-refractivity contribution < 1.29 is 4.79 Å². The molecule has 0 aliphatic heterocycles. The lowest BCUT2D eigenvalue weighted by Crippen LogP contribution is -2.42. The summed E-state index contributed by atoms with van der Waals surface area (Å²) >= 11 is 0. The summed E-state index contributed by atoms with van der Waals surface area (Å²) in [6.07, 6.45) is 6.07. The summed E-state index contributed by atoms with van der Waals surface area (Å²) in [5.41, 5.74) is 0. The Morgan fingerprint density at radius 1 is 1.53 bits per heavy atom. The maximum Gasteiger partial charge on any atom is 0.237 e. The van der Waals surface area contributed by atoms with Gasteiger partial charge < -0.3 is 15.5 Å². The quantitative estimate of drug-likeness (QED) is 0.447. The van der Waals surface area contributed by atoms with E-state index in [9.17, 15) is 4.79 Å². The fourth-order valence-electron chi connectivity index (χ4n) is 1.10. The maximum atomic E-state index is 11.4. The zero-order chi connectivity index (χ0) is 11.7. The number of hydrogen-bond acceptors (Lipinski definition) is 3. The normalized spacial score (nSPS) is 12.2. The second kappa shape index (κ2) is 8.27. The topological polar surface area (TPSA) is 44.4 Å². The molecule has 0 saturated heterocycles. The van der Waals surface area contributed by atoms with Gasteiger partial charge in [-0.2, -0.15) is 0 Å². The van der Waals surface area contributed by atoms with Crippen molar-refractivity contribution in [1.82, 2.24) is 15.5 Å². The Balaban J connectivity index is 3.52. The van der Waals surface area contributed by atoms with E-state index in [1.54, 1.807) is 0 Å². The fraction of sp³-hybridized carbons (Fsp3) is 0.727. The van der Waals surface area contributed by atoms with Crippen molar-refractivity contribution in [3.05, 3.63) is 0 Å². The van der Waals surface area contributed by atoms with Crippen LogP contribution in [-0.4, -0.2) is 50.6 Å². The van der Waals surface area contributed by atoms with Gasteiger partial charge in [0.05, 0.1) is 12.6 Å². The van der Waals surface area contributed by atoms with Gasteiger partial charge in [-0.15, -0.1) is 6.42 Å². The van der Waals surface area contributed by atoms with Gasteiger partial charge in [-0.1, -0.05) is 5.92 Å². The molecule has 1 amide bonds. The third kappa shape index (κ3) is 7.98. The van der Waals surface area contributed by atoms with Crippen molar-refractivity contribution >= 4 is 5.91 Å². The molecule has 0 heterocycles. The Kier molecular flexibility index (Phi) is 7.69. The molecule has 0 aromatic carbocycles. The fourth-order valence-corrected chi connectivity index (χ4v) is 1.10. The minimum absolute atomic E-state index is 0.0437. The van der Waals surface area contributed by atoms with Gasteiger partial charge in [0.2, 0.25) is 5.91 Å². The van der Waals surface area contributed by atoms with E-state index in [1.807, 2.05) is 21.0 Å². The molecule has 0 spiro atoms. The molecule has 15 heavy (non-hydrogen) atoms. The summed E-state index contributed by atoms with van der Waals surface area (Å²) in [4.78, 5) is 13.5. The molecule has 0 fully saturated rings. The van der Waals surface area contributed by atoms with Crippen molar-refractivity contribution in [3.63, 3.8) is 0 Å². The first-order valence-electron chi connectivity index (χ1n) is 5.17. The lowest BCUT2D eigenvalue weighted by Gasteiger charge is -2.14. The van der Waals surface area contributed by atoms with E-state index in [0.717, 1.165) is 19.5 Å². The molecular formula is C11H21N3O. The lowest BCUT2D eigenvalue weighted by atomic mass is 10.3. The largest absolute Gasteiger partial charge is 0.344 e. The minimum atomic E-state index is -0.180. The smallest absolute Gasteiger partial charge is 0.237 e. The van der Waals surface area contributed by atoms with Crippen LogP contribution in [0.25, 0.3) is 0 Å². The molecular weight excluding hydrogens is 190 g/mol. The van der Waals surface area contributed by atoms with Crippen LogP contribution in [0.1, 0.15) is 13.3 Å². The maximum absolute atomic E-state index is 11.4. The van der Waals surface area contributed by atoms with Crippen LogP contribution in [0.4, 0.5) is 0 Å². The highest BCUT2D eigenvalue weighted by atomic mass is 16.2. The van der Waals surface area contributed by atoms with Gasteiger partial charge >= 0.3 is 0 Å². The molecule has 86 valence electrons. The predicted molar refractivity (Wildman–Crippen MR) is 62.5 cm³/mol. The third-order valence-electron chi connectivity index (χ3n) is 1.99. The van der Waals surface area contributed by atoms with Crippen LogP contribution in [0.3, 0.4) is 0 Å². The summed E-state index contributed by atoms with van der Waals surface area (Å²) in [5.74, 6) is 2.33. The molecule has 2 N–H and O–H groups in total. The van der Waals surface area contributed by atoms with Crippen LogP contribution in [0.5, 0.6) is 0 Å². The van der Waals surface area contributed by atoms with Crippen LogP contribution < -0.4 is 10.6 Å². The molecule has 4 nitrogen and oxygen atoms in total. The highest BCUT2D eigenvalue weighted by Crippen LogP contribution is 1.85. The molecule has 0 aliphatic carbocycles. The number of rotatable bonds is 7. The summed E-state index contributed by atoms with van der Waals surface area (Å²) in [7, 11) is 4.06. The van der Waals surface area contributed by atoms with Gasteiger partial charge in [0.1, 0.15) is 0 Å². The SMILES string of the molecule is C#CCNC(=O)C(C)NCCCN(C)C. The molecule has 0 aromatic rings. The van der Waals surface area contributed by atoms with E-state index in [4.69, 9.17) is 6.42 Å². The lowest BCUT2D eigenvalue weighted by molar-refractivity contribution is -0.122. The summed E-state index contributed by atoms with van der Waals surface area (Å²) in [5, 5.41) is 5.77. The van der Waals surface area contributed by atoms with E-state index < -0.39 is 0 Å². The van der Waals surface area contributed by atoms with Gasteiger partial charge in [0, 0.05) is 0 Å². The first-order valence-corrected chi connectivity index (χ1v) is 5.17. The molecule has 1 atom stereocenters.